The van der Waals surface area contributed by atoms with Crippen molar-refractivity contribution < 1.29 is 8.78 Å². The van der Waals surface area contributed by atoms with Gasteiger partial charge in [-0.3, -0.25) is 0 Å². The summed E-state index contributed by atoms with van der Waals surface area (Å²) in [6.07, 6.45) is 0. The molecule has 0 fully saturated rings. The minimum Gasteiger partial charge on any atom is -0.379 e. The zero-order chi connectivity index (χ0) is 14.9. The highest BCUT2D eigenvalue weighted by Gasteiger charge is 2.13. The van der Waals surface area contributed by atoms with E-state index >= 15 is 0 Å². The van der Waals surface area contributed by atoms with Crippen molar-refractivity contribution in [2.24, 2.45) is 0 Å². The maximum Gasteiger partial charge on any atom is 0.145 e. The molecule has 0 aliphatic heterocycles. The van der Waals surface area contributed by atoms with Crippen LogP contribution in [0.4, 0.5) is 14.5 Å². The number of rotatable bonds is 3. The van der Waals surface area contributed by atoms with Crippen molar-refractivity contribution in [1.82, 2.24) is 0 Å². The van der Waals surface area contributed by atoms with Crippen molar-refractivity contribution in [2.75, 3.05) is 5.32 Å². The van der Waals surface area contributed by atoms with Crippen LogP contribution in [0.15, 0.2) is 28.7 Å². The van der Waals surface area contributed by atoms with Gasteiger partial charge < -0.3 is 5.32 Å². The van der Waals surface area contributed by atoms with Gasteiger partial charge in [0.25, 0.3) is 0 Å². The zero-order valence-corrected chi connectivity index (χ0v) is 13.5. The van der Waals surface area contributed by atoms with E-state index < -0.39 is 11.6 Å². The van der Waals surface area contributed by atoms with Gasteiger partial charge in [0.15, 0.2) is 0 Å². The molecule has 0 heterocycles. The van der Waals surface area contributed by atoms with Crippen LogP contribution in [0.25, 0.3) is 0 Å². The maximum absolute atomic E-state index is 13.8. The Morgan fingerprint density at radius 3 is 2.55 bits per heavy atom. The fourth-order valence-corrected chi connectivity index (χ4v) is 2.52. The first-order valence-corrected chi connectivity index (χ1v) is 7.27. The minimum atomic E-state index is -0.633. The summed E-state index contributed by atoms with van der Waals surface area (Å²) in [4.78, 5) is 0. The molecule has 106 valence electrons. The summed E-state index contributed by atoms with van der Waals surface area (Å²) >= 11 is 15.1. The monoisotopic (exact) mass is 379 g/mol. The first-order valence-electron chi connectivity index (χ1n) is 5.72. The lowest BCUT2D eigenvalue weighted by Crippen LogP contribution is -2.05. The summed E-state index contributed by atoms with van der Waals surface area (Å²) in [7, 11) is 0. The highest BCUT2D eigenvalue weighted by atomic mass is 79.9. The van der Waals surface area contributed by atoms with Crippen LogP contribution in [0.2, 0.25) is 10.0 Å². The average Bonchev–Trinajstić information content (AvgIpc) is 2.40. The molecular formula is C14H10BrCl2F2N. The molecule has 2 rings (SSSR count). The van der Waals surface area contributed by atoms with Crippen LogP contribution in [0.5, 0.6) is 0 Å². The Morgan fingerprint density at radius 2 is 1.85 bits per heavy atom. The van der Waals surface area contributed by atoms with E-state index in [1.165, 1.54) is 12.1 Å². The summed E-state index contributed by atoms with van der Waals surface area (Å²) in [5.41, 5.74) is 1.30. The number of halogens is 5. The SMILES string of the molecule is Cc1cc(Cl)c(NCc2c(F)ccc(Br)c2F)cc1Cl. The van der Waals surface area contributed by atoms with Crippen molar-refractivity contribution in [2.45, 2.75) is 13.5 Å². The van der Waals surface area contributed by atoms with Crippen LogP contribution in [0, 0.1) is 18.6 Å². The summed E-state index contributed by atoms with van der Waals surface area (Å²) in [6, 6.07) is 5.85. The van der Waals surface area contributed by atoms with Crippen LogP contribution in [0.1, 0.15) is 11.1 Å². The lowest BCUT2D eigenvalue weighted by atomic mass is 10.2. The molecule has 1 N–H and O–H groups in total. The number of benzene rings is 2. The normalized spacial score (nSPS) is 10.7. The van der Waals surface area contributed by atoms with E-state index in [0.29, 0.717) is 15.7 Å². The standard InChI is InChI=1S/C14H10BrCl2F2N/c1-7-4-11(17)13(5-10(7)16)20-6-8-12(18)3-2-9(15)14(8)19/h2-5,20H,6H2,1H3. The second kappa shape index (κ2) is 6.29. The van der Waals surface area contributed by atoms with Gasteiger partial charge in [0.05, 0.1) is 15.2 Å². The molecule has 0 spiro atoms. The van der Waals surface area contributed by atoms with E-state index in [4.69, 9.17) is 23.2 Å². The molecule has 20 heavy (non-hydrogen) atoms. The van der Waals surface area contributed by atoms with E-state index in [1.807, 2.05) is 6.92 Å². The smallest absolute Gasteiger partial charge is 0.145 e. The van der Waals surface area contributed by atoms with Crippen LogP contribution < -0.4 is 5.32 Å². The van der Waals surface area contributed by atoms with Gasteiger partial charge in [-0.25, -0.2) is 8.78 Å². The summed E-state index contributed by atoms with van der Waals surface area (Å²) in [5.74, 6) is -1.25. The van der Waals surface area contributed by atoms with Gasteiger partial charge in [0, 0.05) is 17.1 Å². The number of anilines is 1. The quantitative estimate of drug-likeness (QED) is 0.648. The van der Waals surface area contributed by atoms with E-state index in [-0.39, 0.29) is 16.6 Å². The molecule has 0 aromatic heterocycles. The Hall–Kier alpha value is -0.840. The van der Waals surface area contributed by atoms with Crippen LogP contribution in [0.3, 0.4) is 0 Å². The van der Waals surface area contributed by atoms with Gasteiger partial charge in [-0.15, -0.1) is 0 Å². The van der Waals surface area contributed by atoms with E-state index in [1.54, 1.807) is 12.1 Å². The molecule has 0 saturated heterocycles. The lowest BCUT2D eigenvalue weighted by Gasteiger charge is -2.12. The second-order valence-electron chi connectivity index (χ2n) is 4.26. The van der Waals surface area contributed by atoms with E-state index in [9.17, 15) is 8.78 Å². The lowest BCUT2D eigenvalue weighted by molar-refractivity contribution is 0.555. The van der Waals surface area contributed by atoms with Crippen LogP contribution in [-0.4, -0.2) is 0 Å². The van der Waals surface area contributed by atoms with E-state index in [2.05, 4.69) is 21.2 Å². The summed E-state index contributed by atoms with van der Waals surface area (Å²) in [5, 5.41) is 3.87. The van der Waals surface area contributed by atoms with Gasteiger partial charge in [0.1, 0.15) is 11.6 Å². The van der Waals surface area contributed by atoms with Gasteiger partial charge in [-0.2, -0.15) is 0 Å². The Balaban J connectivity index is 2.26. The molecule has 1 nitrogen and oxygen atoms in total. The average molecular weight is 381 g/mol. The Kier molecular flexibility index (Phi) is 4.89. The molecule has 6 heteroatoms. The van der Waals surface area contributed by atoms with Crippen LogP contribution in [-0.2, 0) is 6.54 Å². The molecule has 0 aliphatic carbocycles. The zero-order valence-electron chi connectivity index (χ0n) is 10.4. The molecule has 2 aromatic rings. The molecule has 0 bridgehead atoms. The number of aryl methyl sites for hydroxylation is 1. The van der Waals surface area contributed by atoms with Gasteiger partial charge >= 0.3 is 0 Å². The molecule has 0 aliphatic rings. The maximum atomic E-state index is 13.8. The Bertz CT molecular complexity index is 662. The topological polar surface area (TPSA) is 12.0 Å². The summed E-state index contributed by atoms with van der Waals surface area (Å²) < 4.78 is 27.7. The molecule has 0 unspecified atom stereocenters. The van der Waals surface area contributed by atoms with Crippen molar-refractivity contribution in [3.63, 3.8) is 0 Å². The minimum absolute atomic E-state index is 0.0315. The Labute approximate surface area is 134 Å². The third-order valence-corrected chi connectivity index (χ3v) is 4.18. The van der Waals surface area contributed by atoms with Crippen molar-refractivity contribution in [3.8, 4) is 0 Å². The molecule has 0 radical (unpaired) electrons. The molecular weight excluding hydrogens is 371 g/mol. The second-order valence-corrected chi connectivity index (χ2v) is 5.93. The number of nitrogens with one attached hydrogen (secondary N) is 1. The van der Waals surface area contributed by atoms with Crippen molar-refractivity contribution >= 4 is 44.8 Å². The first-order chi connectivity index (χ1) is 9.40. The Morgan fingerprint density at radius 1 is 1.15 bits per heavy atom. The van der Waals surface area contributed by atoms with Gasteiger partial charge in [-0.1, -0.05) is 23.2 Å². The molecule has 0 saturated carbocycles. The van der Waals surface area contributed by atoms with Crippen LogP contribution >= 0.6 is 39.1 Å². The number of hydrogen-bond donors (Lipinski definition) is 1. The predicted octanol–water partition coefficient (Wildman–Crippen LogP) is 5.95. The molecule has 0 atom stereocenters. The van der Waals surface area contributed by atoms with Gasteiger partial charge in [0.2, 0.25) is 0 Å². The third kappa shape index (κ3) is 3.25. The molecule has 0 amide bonds. The predicted molar refractivity (Wildman–Crippen MR) is 82.6 cm³/mol. The van der Waals surface area contributed by atoms with E-state index in [0.717, 1.165) is 5.56 Å². The van der Waals surface area contributed by atoms with Crippen molar-refractivity contribution in [1.29, 1.82) is 0 Å². The highest BCUT2D eigenvalue weighted by molar-refractivity contribution is 9.10. The third-order valence-electron chi connectivity index (χ3n) is 2.84. The summed E-state index contributed by atoms with van der Waals surface area (Å²) in [6.45, 7) is 1.79. The fourth-order valence-electron chi connectivity index (χ4n) is 1.70. The molecule has 2 aromatic carbocycles. The first kappa shape index (κ1) is 15.5. The highest BCUT2D eigenvalue weighted by Crippen LogP contribution is 2.30. The number of hydrogen-bond acceptors (Lipinski definition) is 1. The van der Waals surface area contributed by atoms with Gasteiger partial charge in [-0.05, 0) is 52.7 Å². The fraction of sp³-hybridized carbons (Fsp3) is 0.143. The van der Waals surface area contributed by atoms with Crippen molar-refractivity contribution in [3.05, 3.63) is 61.5 Å². The largest absolute Gasteiger partial charge is 0.379 e.